The Hall–Kier alpha value is -1.42. The van der Waals surface area contributed by atoms with Gasteiger partial charge in [0.05, 0.1) is 11.0 Å². The van der Waals surface area contributed by atoms with Crippen LogP contribution in [0.3, 0.4) is 0 Å². The van der Waals surface area contributed by atoms with Gasteiger partial charge in [-0.3, -0.25) is 0 Å². The molecule has 0 spiro atoms. The smallest absolute Gasteiger partial charge is 0.125 e. The highest BCUT2D eigenvalue weighted by atomic mass is 19.1. The van der Waals surface area contributed by atoms with Crippen LogP contribution in [0.2, 0.25) is 0 Å². The zero-order valence-electron chi connectivity index (χ0n) is 11.7. The molecule has 2 aromatic rings. The molecule has 1 aliphatic rings. The van der Waals surface area contributed by atoms with Crippen molar-refractivity contribution in [2.75, 3.05) is 13.1 Å². The average molecular weight is 261 g/mol. The standard InChI is InChI=1S/C15H20FN3/c1-10(2)19-13-5-4-11(16)8-12(13)18-14(19)15(3)6-7-17-9-15/h4-5,8,10,17H,6-7,9H2,1-3H3. The fraction of sp³-hybridized carbons (Fsp3) is 0.533. The predicted molar refractivity (Wildman–Crippen MR) is 74.9 cm³/mol. The van der Waals surface area contributed by atoms with Crippen LogP contribution in [-0.4, -0.2) is 22.6 Å². The van der Waals surface area contributed by atoms with Crippen LogP contribution in [0.5, 0.6) is 0 Å². The highest BCUT2D eigenvalue weighted by Gasteiger charge is 2.36. The van der Waals surface area contributed by atoms with E-state index in [9.17, 15) is 4.39 Å². The number of hydrogen-bond acceptors (Lipinski definition) is 2. The molecule has 4 heteroatoms. The van der Waals surface area contributed by atoms with Crippen LogP contribution in [0, 0.1) is 5.82 Å². The zero-order valence-corrected chi connectivity index (χ0v) is 11.7. The van der Waals surface area contributed by atoms with E-state index in [0.29, 0.717) is 6.04 Å². The first-order valence-corrected chi connectivity index (χ1v) is 6.90. The number of imidazole rings is 1. The summed E-state index contributed by atoms with van der Waals surface area (Å²) in [5.41, 5.74) is 1.83. The van der Waals surface area contributed by atoms with Crippen molar-refractivity contribution in [1.29, 1.82) is 0 Å². The Morgan fingerprint density at radius 3 is 2.84 bits per heavy atom. The maximum absolute atomic E-state index is 13.4. The minimum atomic E-state index is -0.220. The van der Waals surface area contributed by atoms with Crippen molar-refractivity contribution in [1.82, 2.24) is 14.9 Å². The molecule has 1 unspecified atom stereocenters. The van der Waals surface area contributed by atoms with Gasteiger partial charge in [0.1, 0.15) is 11.6 Å². The number of benzene rings is 1. The molecule has 1 aromatic carbocycles. The molecule has 19 heavy (non-hydrogen) atoms. The summed E-state index contributed by atoms with van der Waals surface area (Å²) < 4.78 is 15.6. The van der Waals surface area contributed by atoms with E-state index in [-0.39, 0.29) is 11.2 Å². The largest absolute Gasteiger partial charge is 0.325 e. The maximum atomic E-state index is 13.4. The Morgan fingerprint density at radius 2 is 2.21 bits per heavy atom. The van der Waals surface area contributed by atoms with Crippen LogP contribution in [0.25, 0.3) is 11.0 Å². The lowest BCUT2D eigenvalue weighted by molar-refractivity contribution is 0.442. The van der Waals surface area contributed by atoms with Gasteiger partial charge in [0, 0.05) is 24.1 Å². The second kappa shape index (κ2) is 4.30. The highest BCUT2D eigenvalue weighted by molar-refractivity contribution is 5.76. The molecule has 1 aromatic heterocycles. The van der Waals surface area contributed by atoms with Crippen molar-refractivity contribution < 1.29 is 4.39 Å². The summed E-state index contributed by atoms with van der Waals surface area (Å²) in [6.07, 6.45) is 1.07. The number of nitrogens with zero attached hydrogens (tertiary/aromatic N) is 2. The molecule has 0 amide bonds. The molecular weight excluding hydrogens is 241 g/mol. The summed E-state index contributed by atoms with van der Waals surface area (Å²) in [6, 6.07) is 5.21. The van der Waals surface area contributed by atoms with E-state index in [4.69, 9.17) is 4.98 Å². The summed E-state index contributed by atoms with van der Waals surface area (Å²) >= 11 is 0. The van der Waals surface area contributed by atoms with Crippen LogP contribution in [0.15, 0.2) is 18.2 Å². The third kappa shape index (κ3) is 1.94. The maximum Gasteiger partial charge on any atom is 0.125 e. The molecule has 0 saturated carbocycles. The number of halogens is 1. The molecule has 0 bridgehead atoms. The van der Waals surface area contributed by atoms with Crippen LogP contribution in [-0.2, 0) is 5.41 Å². The van der Waals surface area contributed by atoms with E-state index in [0.717, 1.165) is 36.4 Å². The first-order valence-electron chi connectivity index (χ1n) is 6.90. The highest BCUT2D eigenvalue weighted by Crippen LogP contribution is 2.34. The molecule has 2 heterocycles. The van der Waals surface area contributed by atoms with Crippen LogP contribution in [0.4, 0.5) is 4.39 Å². The lowest BCUT2D eigenvalue weighted by Crippen LogP contribution is -2.29. The summed E-state index contributed by atoms with van der Waals surface area (Å²) in [6.45, 7) is 8.50. The normalized spacial score (nSPS) is 23.6. The van der Waals surface area contributed by atoms with E-state index < -0.39 is 0 Å². The van der Waals surface area contributed by atoms with E-state index in [1.165, 1.54) is 12.1 Å². The first kappa shape index (κ1) is 12.6. The van der Waals surface area contributed by atoms with E-state index in [2.05, 4.69) is 30.7 Å². The monoisotopic (exact) mass is 261 g/mol. The van der Waals surface area contributed by atoms with Gasteiger partial charge in [0.15, 0.2) is 0 Å². The fourth-order valence-corrected chi connectivity index (χ4v) is 3.03. The third-order valence-corrected chi connectivity index (χ3v) is 4.08. The minimum absolute atomic E-state index is 0.0414. The van der Waals surface area contributed by atoms with E-state index in [1.54, 1.807) is 0 Å². The van der Waals surface area contributed by atoms with Gasteiger partial charge in [0.25, 0.3) is 0 Å². The second-order valence-corrected chi connectivity index (χ2v) is 6.02. The first-order chi connectivity index (χ1) is 9.01. The van der Waals surface area contributed by atoms with Gasteiger partial charge in [-0.2, -0.15) is 0 Å². The summed E-state index contributed by atoms with van der Waals surface area (Å²) in [7, 11) is 0. The lowest BCUT2D eigenvalue weighted by atomic mass is 9.88. The number of fused-ring (bicyclic) bond motifs is 1. The summed E-state index contributed by atoms with van der Waals surface area (Å²) in [5, 5.41) is 3.41. The van der Waals surface area contributed by atoms with Gasteiger partial charge in [0.2, 0.25) is 0 Å². The van der Waals surface area contributed by atoms with Crippen molar-refractivity contribution in [2.45, 2.75) is 38.6 Å². The van der Waals surface area contributed by atoms with Gasteiger partial charge in [-0.05, 0) is 38.9 Å². The molecule has 0 radical (unpaired) electrons. The molecule has 0 aliphatic carbocycles. The third-order valence-electron chi connectivity index (χ3n) is 4.08. The van der Waals surface area contributed by atoms with Gasteiger partial charge in [-0.25, -0.2) is 9.37 Å². The fourth-order valence-electron chi connectivity index (χ4n) is 3.03. The van der Waals surface area contributed by atoms with E-state index in [1.807, 2.05) is 6.07 Å². The van der Waals surface area contributed by atoms with Crippen molar-refractivity contribution >= 4 is 11.0 Å². The number of hydrogen-bond donors (Lipinski definition) is 1. The molecule has 3 nitrogen and oxygen atoms in total. The van der Waals surface area contributed by atoms with Crippen molar-refractivity contribution in [2.24, 2.45) is 0 Å². The van der Waals surface area contributed by atoms with Gasteiger partial charge in [-0.1, -0.05) is 6.92 Å². The van der Waals surface area contributed by atoms with Crippen LogP contribution < -0.4 is 5.32 Å². The molecular formula is C15H20FN3. The molecule has 1 N–H and O–H groups in total. The Kier molecular flexibility index (Phi) is 2.86. The Morgan fingerprint density at radius 1 is 1.42 bits per heavy atom. The van der Waals surface area contributed by atoms with Gasteiger partial charge in [-0.15, -0.1) is 0 Å². The molecule has 1 atom stereocenters. The van der Waals surface area contributed by atoms with Crippen molar-refractivity contribution in [3.05, 3.63) is 29.8 Å². The number of aromatic nitrogens is 2. The molecule has 102 valence electrons. The zero-order chi connectivity index (χ0) is 13.6. The van der Waals surface area contributed by atoms with Crippen molar-refractivity contribution in [3.63, 3.8) is 0 Å². The topological polar surface area (TPSA) is 29.9 Å². The average Bonchev–Trinajstić information content (AvgIpc) is 2.93. The minimum Gasteiger partial charge on any atom is -0.325 e. The molecule has 3 rings (SSSR count). The second-order valence-electron chi connectivity index (χ2n) is 6.02. The number of nitrogens with one attached hydrogen (secondary N) is 1. The van der Waals surface area contributed by atoms with Gasteiger partial charge < -0.3 is 9.88 Å². The summed E-state index contributed by atoms with van der Waals surface area (Å²) in [5.74, 6) is 0.857. The van der Waals surface area contributed by atoms with Crippen LogP contribution >= 0.6 is 0 Å². The van der Waals surface area contributed by atoms with Crippen molar-refractivity contribution in [3.8, 4) is 0 Å². The quantitative estimate of drug-likeness (QED) is 0.900. The molecule has 1 aliphatic heterocycles. The summed E-state index contributed by atoms with van der Waals surface area (Å²) in [4.78, 5) is 4.73. The van der Waals surface area contributed by atoms with Crippen LogP contribution in [0.1, 0.15) is 39.1 Å². The number of rotatable bonds is 2. The lowest BCUT2D eigenvalue weighted by Gasteiger charge is -2.25. The predicted octanol–water partition coefficient (Wildman–Crippen LogP) is 3.01. The Bertz CT molecular complexity index is 609. The van der Waals surface area contributed by atoms with Gasteiger partial charge >= 0.3 is 0 Å². The SMILES string of the molecule is CC(C)n1c(C2(C)CCNC2)nc2cc(F)ccc21. The molecule has 1 saturated heterocycles. The van der Waals surface area contributed by atoms with E-state index >= 15 is 0 Å². The Balaban J connectivity index is 2.25. The molecule has 1 fully saturated rings. The Labute approximate surface area is 112 Å².